The lowest BCUT2D eigenvalue weighted by Crippen LogP contribution is -2.18. The second-order valence-electron chi connectivity index (χ2n) is 5.97. The molecule has 0 aliphatic heterocycles. The first-order valence-electron chi connectivity index (χ1n) is 6.86. The summed E-state index contributed by atoms with van der Waals surface area (Å²) in [5.74, 6) is 1.17. The van der Waals surface area contributed by atoms with E-state index in [2.05, 4.69) is 31.3 Å². The first-order chi connectivity index (χ1) is 9.86. The van der Waals surface area contributed by atoms with E-state index in [1.807, 2.05) is 37.3 Å². The highest BCUT2D eigenvalue weighted by Crippen LogP contribution is 2.22. The molecule has 0 atom stereocenters. The van der Waals surface area contributed by atoms with E-state index >= 15 is 0 Å². The molecule has 110 valence electrons. The molecule has 4 nitrogen and oxygen atoms in total. The number of amides is 1. The Morgan fingerprint density at radius 2 is 1.81 bits per heavy atom. The Labute approximate surface area is 124 Å². The molecule has 1 aromatic carbocycles. The summed E-state index contributed by atoms with van der Waals surface area (Å²) in [5, 5.41) is 3.88. The van der Waals surface area contributed by atoms with Crippen molar-refractivity contribution in [3.8, 4) is 0 Å². The minimum absolute atomic E-state index is 0.0737. The maximum Gasteiger partial charge on any atom is 0.271 e. The lowest BCUT2D eigenvalue weighted by molar-refractivity contribution is 0.0955. The number of aryl methyl sites for hydroxylation is 1. The van der Waals surface area contributed by atoms with Crippen LogP contribution in [0.4, 0.5) is 0 Å². The highest BCUT2D eigenvalue weighted by Gasteiger charge is 2.14. The van der Waals surface area contributed by atoms with Gasteiger partial charge in [0.1, 0.15) is 11.5 Å². The van der Waals surface area contributed by atoms with Crippen molar-refractivity contribution in [1.29, 1.82) is 0 Å². The van der Waals surface area contributed by atoms with Gasteiger partial charge in [0.15, 0.2) is 0 Å². The molecule has 0 unspecified atom stereocenters. The van der Waals surface area contributed by atoms with Crippen LogP contribution in [-0.2, 0) is 5.41 Å². The molecule has 0 fully saturated rings. The summed E-state index contributed by atoms with van der Waals surface area (Å²) < 4.78 is 5.32. The predicted molar refractivity (Wildman–Crippen MR) is 83.6 cm³/mol. The average molecular weight is 284 g/mol. The molecule has 0 bridgehead atoms. The highest BCUT2D eigenvalue weighted by molar-refractivity contribution is 5.94. The molecule has 1 heterocycles. The van der Waals surface area contributed by atoms with Crippen LogP contribution in [0.5, 0.6) is 0 Å². The van der Waals surface area contributed by atoms with Crippen molar-refractivity contribution in [2.45, 2.75) is 33.1 Å². The van der Waals surface area contributed by atoms with Gasteiger partial charge in [-0.2, -0.15) is 5.10 Å². The molecule has 0 radical (unpaired) electrons. The van der Waals surface area contributed by atoms with Crippen LogP contribution in [0.1, 0.15) is 48.2 Å². The summed E-state index contributed by atoms with van der Waals surface area (Å²) in [6.45, 7) is 8.26. The lowest BCUT2D eigenvalue weighted by atomic mass is 9.87. The molecular formula is C17H20N2O2. The Balaban J connectivity index is 1.99. The number of nitrogens with one attached hydrogen (secondary N) is 1. The lowest BCUT2D eigenvalue weighted by Gasteiger charge is -2.18. The first-order valence-corrected chi connectivity index (χ1v) is 6.86. The summed E-state index contributed by atoms with van der Waals surface area (Å²) in [7, 11) is 0. The van der Waals surface area contributed by atoms with Gasteiger partial charge in [-0.1, -0.05) is 32.9 Å². The van der Waals surface area contributed by atoms with Gasteiger partial charge in [-0.05, 0) is 42.2 Å². The number of furan rings is 1. The van der Waals surface area contributed by atoms with Crippen LogP contribution in [0, 0.1) is 6.92 Å². The topological polar surface area (TPSA) is 54.6 Å². The number of hydrogen-bond acceptors (Lipinski definition) is 3. The number of rotatable bonds is 3. The number of carbonyl (C=O) groups is 1. The van der Waals surface area contributed by atoms with Gasteiger partial charge in [-0.15, -0.1) is 0 Å². The van der Waals surface area contributed by atoms with E-state index in [-0.39, 0.29) is 11.3 Å². The van der Waals surface area contributed by atoms with Gasteiger partial charge in [0.2, 0.25) is 0 Å². The molecule has 0 spiro atoms. The van der Waals surface area contributed by atoms with Gasteiger partial charge in [0.25, 0.3) is 5.91 Å². The van der Waals surface area contributed by atoms with Gasteiger partial charge in [0, 0.05) is 5.56 Å². The molecule has 1 aromatic heterocycles. The van der Waals surface area contributed by atoms with Crippen LogP contribution < -0.4 is 5.43 Å². The first kappa shape index (κ1) is 15.0. The Morgan fingerprint density at radius 1 is 1.14 bits per heavy atom. The summed E-state index contributed by atoms with van der Waals surface area (Å²) in [6, 6.07) is 11.2. The summed E-state index contributed by atoms with van der Waals surface area (Å²) in [5.41, 5.74) is 4.33. The molecule has 21 heavy (non-hydrogen) atoms. The molecule has 1 N–H and O–H groups in total. The number of nitrogens with zero attached hydrogens (tertiary/aromatic N) is 1. The van der Waals surface area contributed by atoms with Crippen molar-refractivity contribution in [2.24, 2.45) is 5.10 Å². The third-order valence-electron chi connectivity index (χ3n) is 3.13. The fraction of sp³-hybridized carbons (Fsp3) is 0.294. The summed E-state index contributed by atoms with van der Waals surface area (Å²) in [6.07, 6.45) is 1.48. The van der Waals surface area contributed by atoms with Gasteiger partial charge < -0.3 is 4.42 Å². The van der Waals surface area contributed by atoms with E-state index in [1.165, 1.54) is 11.8 Å². The molecule has 4 heteroatoms. The molecule has 0 aliphatic carbocycles. The second kappa shape index (κ2) is 5.95. The number of hydrogen-bond donors (Lipinski definition) is 1. The minimum Gasteiger partial charge on any atom is -0.460 e. The van der Waals surface area contributed by atoms with Crippen molar-refractivity contribution < 1.29 is 9.21 Å². The second-order valence-corrected chi connectivity index (χ2v) is 5.97. The van der Waals surface area contributed by atoms with Crippen molar-refractivity contribution >= 4 is 12.1 Å². The van der Waals surface area contributed by atoms with E-state index < -0.39 is 0 Å². The van der Waals surface area contributed by atoms with Gasteiger partial charge in [-0.25, -0.2) is 5.43 Å². The van der Waals surface area contributed by atoms with Crippen LogP contribution in [0.2, 0.25) is 0 Å². The fourth-order valence-electron chi connectivity index (χ4n) is 1.86. The number of benzene rings is 1. The highest BCUT2D eigenvalue weighted by atomic mass is 16.3. The SMILES string of the molecule is Cc1ccc(C=NNC(=O)c2ccc(C(C)(C)C)cc2)o1. The monoisotopic (exact) mass is 284 g/mol. The summed E-state index contributed by atoms with van der Waals surface area (Å²) in [4.78, 5) is 11.9. The quantitative estimate of drug-likeness (QED) is 0.691. The van der Waals surface area contributed by atoms with Gasteiger partial charge >= 0.3 is 0 Å². The van der Waals surface area contributed by atoms with E-state index in [4.69, 9.17) is 4.42 Å². The van der Waals surface area contributed by atoms with Crippen molar-refractivity contribution in [2.75, 3.05) is 0 Å². The van der Waals surface area contributed by atoms with Gasteiger partial charge in [-0.3, -0.25) is 4.79 Å². The standard InChI is InChI=1S/C17H20N2O2/c1-12-5-10-15(21-12)11-18-19-16(20)13-6-8-14(9-7-13)17(2,3)4/h5-11H,1-4H3,(H,19,20). The normalized spacial score (nSPS) is 11.8. The Morgan fingerprint density at radius 3 is 2.33 bits per heavy atom. The number of carbonyl (C=O) groups excluding carboxylic acids is 1. The number of hydrazone groups is 1. The van der Waals surface area contributed by atoms with E-state index in [0.29, 0.717) is 11.3 Å². The Kier molecular flexibility index (Phi) is 4.26. The average Bonchev–Trinajstić information content (AvgIpc) is 2.83. The molecule has 2 aromatic rings. The van der Waals surface area contributed by atoms with Crippen LogP contribution >= 0.6 is 0 Å². The largest absolute Gasteiger partial charge is 0.460 e. The van der Waals surface area contributed by atoms with Crippen LogP contribution in [-0.4, -0.2) is 12.1 Å². The summed E-state index contributed by atoms with van der Waals surface area (Å²) >= 11 is 0. The smallest absolute Gasteiger partial charge is 0.271 e. The van der Waals surface area contributed by atoms with E-state index in [0.717, 1.165) is 5.76 Å². The zero-order valence-corrected chi connectivity index (χ0v) is 12.8. The minimum atomic E-state index is -0.241. The molecule has 0 saturated carbocycles. The third-order valence-corrected chi connectivity index (χ3v) is 3.13. The third kappa shape index (κ3) is 4.05. The zero-order valence-electron chi connectivity index (χ0n) is 12.8. The van der Waals surface area contributed by atoms with Crippen molar-refractivity contribution in [3.63, 3.8) is 0 Å². The van der Waals surface area contributed by atoms with Gasteiger partial charge in [0.05, 0.1) is 6.21 Å². The van der Waals surface area contributed by atoms with E-state index in [9.17, 15) is 4.79 Å². The zero-order chi connectivity index (χ0) is 15.5. The molecule has 1 amide bonds. The van der Waals surface area contributed by atoms with Crippen LogP contribution in [0.3, 0.4) is 0 Å². The van der Waals surface area contributed by atoms with E-state index in [1.54, 1.807) is 6.07 Å². The molecule has 0 aliphatic rings. The predicted octanol–water partition coefficient (Wildman–Crippen LogP) is 3.65. The molecular weight excluding hydrogens is 264 g/mol. The Bertz CT molecular complexity index is 646. The van der Waals surface area contributed by atoms with Crippen molar-refractivity contribution in [1.82, 2.24) is 5.43 Å². The molecule has 0 saturated heterocycles. The van der Waals surface area contributed by atoms with Crippen LogP contribution in [0.15, 0.2) is 45.9 Å². The molecule has 2 rings (SSSR count). The fourth-order valence-corrected chi connectivity index (χ4v) is 1.86. The van der Waals surface area contributed by atoms with Crippen molar-refractivity contribution in [3.05, 3.63) is 59.0 Å². The van der Waals surface area contributed by atoms with Crippen LogP contribution in [0.25, 0.3) is 0 Å². The maximum atomic E-state index is 11.9. The maximum absolute atomic E-state index is 11.9. The Hall–Kier alpha value is -2.36.